The molecule has 0 rings (SSSR count). The van der Waals surface area contributed by atoms with E-state index in [9.17, 15) is 9.59 Å². The standard InChI is InChI=1S/C18H30O4/c1-8-9-15(11-21-17(19)13(4)5)16(10-12(2)3)22-18(20)14(6)7/h12,15-16H,4,6,8-11H2,1-3,5,7H3. The molecule has 126 valence electrons. The molecule has 0 aliphatic rings. The molecule has 0 aromatic rings. The summed E-state index contributed by atoms with van der Waals surface area (Å²) in [5.41, 5.74) is 0.748. The van der Waals surface area contributed by atoms with Crippen LogP contribution in [0.25, 0.3) is 0 Å². The van der Waals surface area contributed by atoms with Gasteiger partial charge in [0.2, 0.25) is 0 Å². The molecule has 0 aliphatic heterocycles. The molecule has 2 atom stereocenters. The number of rotatable bonds is 10. The first kappa shape index (κ1) is 20.4. The van der Waals surface area contributed by atoms with Crippen molar-refractivity contribution in [3.05, 3.63) is 24.3 Å². The third kappa shape index (κ3) is 8.01. The van der Waals surface area contributed by atoms with Gasteiger partial charge >= 0.3 is 11.9 Å². The van der Waals surface area contributed by atoms with Crippen LogP contribution in [0.3, 0.4) is 0 Å². The van der Waals surface area contributed by atoms with Crippen molar-refractivity contribution in [1.29, 1.82) is 0 Å². The van der Waals surface area contributed by atoms with Crippen LogP contribution < -0.4 is 0 Å². The molecule has 0 radical (unpaired) electrons. The Morgan fingerprint density at radius 2 is 1.59 bits per heavy atom. The topological polar surface area (TPSA) is 52.6 Å². The fourth-order valence-electron chi connectivity index (χ4n) is 2.09. The molecular weight excluding hydrogens is 280 g/mol. The molecule has 0 N–H and O–H groups in total. The summed E-state index contributed by atoms with van der Waals surface area (Å²) in [6.45, 7) is 16.9. The lowest BCUT2D eigenvalue weighted by atomic mass is 9.91. The van der Waals surface area contributed by atoms with Crippen molar-refractivity contribution in [2.75, 3.05) is 6.61 Å². The summed E-state index contributed by atoms with van der Waals surface area (Å²) in [5.74, 6) is -0.438. The lowest BCUT2D eigenvalue weighted by Crippen LogP contribution is -2.32. The van der Waals surface area contributed by atoms with Gasteiger partial charge in [-0.2, -0.15) is 0 Å². The van der Waals surface area contributed by atoms with Crippen molar-refractivity contribution >= 4 is 11.9 Å². The highest BCUT2D eigenvalue weighted by molar-refractivity contribution is 5.87. The van der Waals surface area contributed by atoms with Crippen LogP contribution in [0.15, 0.2) is 24.3 Å². The molecule has 0 aromatic carbocycles. The van der Waals surface area contributed by atoms with E-state index in [1.807, 2.05) is 0 Å². The summed E-state index contributed by atoms with van der Waals surface area (Å²) in [6, 6.07) is 0. The number of esters is 2. The minimum atomic E-state index is -0.407. The SMILES string of the molecule is C=C(C)C(=O)OCC(CCC)C(CC(C)C)OC(=O)C(=C)C. The van der Waals surface area contributed by atoms with E-state index < -0.39 is 11.9 Å². The first-order valence-electron chi connectivity index (χ1n) is 7.88. The Labute approximate surface area is 134 Å². The van der Waals surface area contributed by atoms with Gasteiger partial charge in [-0.25, -0.2) is 9.59 Å². The zero-order chi connectivity index (χ0) is 17.3. The van der Waals surface area contributed by atoms with Gasteiger partial charge in [-0.05, 0) is 32.6 Å². The lowest BCUT2D eigenvalue weighted by molar-refractivity contribution is -0.152. The van der Waals surface area contributed by atoms with Gasteiger partial charge in [0.25, 0.3) is 0 Å². The van der Waals surface area contributed by atoms with Gasteiger partial charge in [0, 0.05) is 17.1 Å². The molecule has 0 saturated heterocycles. The molecule has 22 heavy (non-hydrogen) atoms. The Morgan fingerprint density at radius 1 is 1.05 bits per heavy atom. The van der Waals surface area contributed by atoms with Crippen molar-refractivity contribution in [2.45, 2.75) is 60.0 Å². The molecule has 0 heterocycles. The smallest absolute Gasteiger partial charge is 0.333 e. The molecule has 0 amide bonds. The van der Waals surface area contributed by atoms with Crippen molar-refractivity contribution in [1.82, 2.24) is 0 Å². The molecule has 0 aromatic heterocycles. The average molecular weight is 310 g/mol. The first-order valence-corrected chi connectivity index (χ1v) is 7.88. The van der Waals surface area contributed by atoms with Crippen molar-refractivity contribution < 1.29 is 19.1 Å². The second-order valence-electron chi connectivity index (χ2n) is 6.28. The number of hydrogen-bond acceptors (Lipinski definition) is 4. The summed E-state index contributed by atoms with van der Waals surface area (Å²) < 4.78 is 10.8. The Morgan fingerprint density at radius 3 is 2.00 bits per heavy atom. The zero-order valence-corrected chi connectivity index (χ0v) is 14.6. The minimum Gasteiger partial charge on any atom is -0.462 e. The van der Waals surface area contributed by atoms with E-state index in [0.29, 0.717) is 17.1 Å². The highest BCUT2D eigenvalue weighted by atomic mass is 16.6. The van der Waals surface area contributed by atoms with Crippen LogP contribution in [0.1, 0.15) is 53.9 Å². The fraction of sp³-hybridized carbons (Fsp3) is 0.667. The summed E-state index contributed by atoms with van der Waals surface area (Å²) in [4.78, 5) is 23.4. The van der Waals surface area contributed by atoms with E-state index >= 15 is 0 Å². The van der Waals surface area contributed by atoms with E-state index in [1.54, 1.807) is 13.8 Å². The van der Waals surface area contributed by atoms with Gasteiger partial charge in [-0.3, -0.25) is 0 Å². The molecule has 4 nitrogen and oxygen atoms in total. The van der Waals surface area contributed by atoms with E-state index in [1.165, 1.54) is 0 Å². The Kier molecular flexibility index (Phi) is 9.46. The van der Waals surface area contributed by atoms with Gasteiger partial charge < -0.3 is 9.47 Å². The van der Waals surface area contributed by atoms with Gasteiger partial charge in [0.1, 0.15) is 6.10 Å². The van der Waals surface area contributed by atoms with Gasteiger partial charge in [0.05, 0.1) is 6.61 Å². The number of hydrogen-bond donors (Lipinski definition) is 0. The van der Waals surface area contributed by atoms with E-state index in [0.717, 1.165) is 19.3 Å². The maximum atomic E-state index is 11.8. The maximum absolute atomic E-state index is 11.8. The third-order valence-corrected chi connectivity index (χ3v) is 3.27. The Bertz CT molecular complexity index is 409. The van der Waals surface area contributed by atoms with Crippen LogP contribution in [0, 0.1) is 11.8 Å². The van der Waals surface area contributed by atoms with Crippen molar-refractivity contribution in [2.24, 2.45) is 11.8 Å². The fourth-order valence-corrected chi connectivity index (χ4v) is 2.09. The molecule has 0 spiro atoms. The van der Waals surface area contributed by atoms with Crippen LogP contribution >= 0.6 is 0 Å². The second-order valence-corrected chi connectivity index (χ2v) is 6.28. The van der Waals surface area contributed by atoms with E-state index in [-0.39, 0.29) is 18.6 Å². The summed E-state index contributed by atoms with van der Waals surface area (Å²) >= 11 is 0. The summed E-state index contributed by atoms with van der Waals surface area (Å²) in [6.07, 6.45) is 2.20. The summed E-state index contributed by atoms with van der Waals surface area (Å²) in [7, 11) is 0. The Balaban J connectivity index is 4.95. The van der Waals surface area contributed by atoms with Gasteiger partial charge in [-0.1, -0.05) is 40.3 Å². The van der Waals surface area contributed by atoms with Gasteiger partial charge in [0.15, 0.2) is 0 Å². The number of carbonyl (C=O) groups is 2. The maximum Gasteiger partial charge on any atom is 0.333 e. The molecule has 0 saturated carbocycles. The predicted molar refractivity (Wildman–Crippen MR) is 88.3 cm³/mol. The molecule has 0 bridgehead atoms. The van der Waals surface area contributed by atoms with Gasteiger partial charge in [-0.15, -0.1) is 0 Å². The Hall–Kier alpha value is -1.58. The third-order valence-electron chi connectivity index (χ3n) is 3.27. The lowest BCUT2D eigenvalue weighted by Gasteiger charge is -2.28. The van der Waals surface area contributed by atoms with Crippen LogP contribution in [0.2, 0.25) is 0 Å². The monoisotopic (exact) mass is 310 g/mol. The van der Waals surface area contributed by atoms with Crippen LogP contribution in [-0.2, 0) is 19.1 Å². The quantitative estimate of drug-likeness (QED) is 0.451. The van der Waals surface area contributed by atoms with Crippen LogP contribution in [0.5, 0.6) is 0 Å². The number of carbonyl (C=O) groups excluding carboxylic acids is 2. The predicted octanol–water partition coefficient (Wildman–Crippen LogP) is 4.06. The van der Waals surface area contributed by atoms with E-state index in [2.05, 4.69) is 33.9 Å². The number of ether oxygens (including phenoxy) is 2. The molecule has 4 heteroatoms. The summed E-state index contributed by atoms with van der Waals surface area (Å²) in [5, 5.41) is 0. The van der Waals surface area contributed by atoms with Crippen LogP contribution in [-0.4, -0.2) is 24.6 Å². The zero-order valence-electron chi connectivity index (χ0n) is 14.6. The average Bonchev–Trinajstić information content (AvgIpc) is 2.41. The molecule has 0 aliphatic carbocycles. The molecule has 2 unspecified atom stereocenters. The second kappa shape index (κ2) is 10.2. The minimum absolute atomic E-state index is 0.0148. The first-order chi connectivity index (χ1) is 10.2. The van der Waals surface area contributed by atoms with Crippen molar-refractivity contribution in [3.63, 3.8) is 0 Å². The van der Waals surface area contributed by atoms with E-state index in [4.69, 9.17) is 9.47 Å². The molecular formula is C18H30O4. The normalized spacial score (nSPS) is 13.4. The van der Waals surface area contributed by atoms with Crippen molar-refractivity contribution in [3.8, 4) is 0 Å². The highest BCUT2D eigenvalue weighted by Gasteiger charge is 2.27. The van der Waals surface area contributed by atoms with Crippen LogP contribution in [0.4, 0.5) is 0 Å². The largest absolute Gasteiger partial charge is 0.462 e. The molecule has 0 fully saturated rings. The highest BCUT2D eigenvalue weighted by Crippen LogP contribution is 2.23.